The first-order valence-electron chi connectivity index (χ1n) is 10.9. The van der Waals surface area contributed by atoms with Crippen molar-refractivity contribution < 1.29 is 18.7 Å². The van der Waals surface area contributed by atoms with Crippen LogP contribution in [0.15, 0.2) is 71.3 Å². The number of carbonyl (C=O) groups excluding carboxylic acids is 2. The third-order valence-corrected chi connectivity index (χ3v) is 5.54. The van der Waals surface area contributed by atoms with Crippen molar-refractivity contribution in [2.45, 2.75) is 37.8 Å². The molecule has 0 spiro atoms. The highest BCUT2D eigenvalue weighted by molar-refractivity contribution is 5.95. The van der Waals surface area contributed by atoms with Crippen molar-refractivity contribution >= 4 is 11.9 Å². The minimum absolute atomic E-state index is 0.144. The molecule has 1 fully saturated rings. The predicted molar refractivity (Wildman–Crippen MR) is 119 cm³/mol. The molecule has 2 heterocycles. The molecule has 1 unspecified atom stereocenters. The van der Waals surface area contributed by atoms with Crippen LogP contribution in [-0.2, 0) is 22.6 Å². The Kier molecular flexibility index (Phi) is 7.30. The molecule has 1 saturated heterocycles. The van der Waals surface area contributed by atoms with Gasteiger partial charge in [0.25, 0.3) is 5.91 Å². The van der Waals surface area contributed by atoms with Gasteiger partial charge in [0, 0.05) is 12.3 Å². The number of rotatable bonds is 8. The lowest BCUT2D eigenvalue weighted by Gasteiger charge is -2.19. The van der Waals surface area contributed by atoms with Crippen LogP contribution in [0.3, 0.4) is 0 Å². The van der Waals surface area contributed by atoms with Crippen molar-refractivity contribution in [2.75, 3.05) is 13.1 Å². The molecule has 0 bridgehead atoms. The van der Waals surface area contributed by atoms with Gasteiger partial charge in [-0.05, 0) is 37.1 Å². The number of ether oxygens (including phenoxy) is 1. The van der Waals surface area contributed by atoms with Gasteiger partial charge in [0.05, 0.1) is 0 Å². The number of aromatic nitrogens is 1. The van der Waals surface area contributed by atoms with Gasteiger partial charge in [0.15, 0.2) is 11.6 Å². The number of amides is 1. The van der Waals surface area contributed by atoms with E-state index in [2.05, 4.69) is 15.6 Å². The fourth-order valence-electron chi connectivity index (χ4n) is 3.75. The summed E-state index contributed by atoms with van der Waals surface area (Å²) in [7, 11) is 0. The molecule has 4 rings (SSSR count). The number of benzene rings is 2. The van der Waals surface area contributed by atoms with Gasteiger partial charge in [-0.1, -0.05) is 60.7 Å². The molecule has 7 nitrogen and oxygen atoms in total. The predicted octanol–water partition coefficient (Wildman–Crippen LogP) is 3.23. The summed E-state index contributed by atoms with van der Waals surface area (Å²) >= 11 is 0. The molecule has 166 valence electrons. The summed E-state index contributed by atoms with van der Waals surface area (Å²) < 4.78 is 11.1. The summed E-state index contributed by atoms with van der Waals surface area (Å²) in [6.45, 7) is 1.95. The maximum absolute atomic E-state index is 12.9. The Morgan fingerprint density at radius 1 is 1.03 bits per heavy atom. The normalized spacial score (nSPS) is 15.1. The van der Waals surface area contributed by atoms with Crippen LogP contribution >= 0.6 is 0 Å². The van der Waals surface area contributed by atoms with Crippen LogP contribution in [0.1, 0.15) is 46.3 Å². The molecule has 2 N–H and O–H groups in total. The second-order valence-electron chi connectivity index (χ2n) is 7.90. The Labute approximate surface area is 187 Å². The van der Waals surface area contributed by atoms with Crippen molar-refractivity contribution in [1.82, 2.24) is 15.6 Å². The van der Waals surface area contributed by atoms with E-state index in [0.29, 0.717) is 12.3 Å². The van der Waals surface area contributed by atoms with E-state index < -0.39 is 17.9 Å². The van der Waals surface area contributed by atoms with Crippen LogP contribution in [0.2, 0.25) is 0 Å². The summed E-state index contributed by atoms with van der Waals surface area (Å²) in [5.41, 5.74) is 1.98. The molecular formula is C25H27N3O4. The number of nitrogens with one attached hydrogen (secondary N) is 2. The summed E-state index contributed by atoms with van der Waals surface area (Å²) in [6, 6.07) is 18.1. The third-order valence-electron chi connectivity index (χ3n) is 5.54. The number of esters is 1. The van der Waals surface area contributed by atoms with E-state index in [0.717, 1.165) is 37.1 Å². The first-order chi connectivity index (χ1) is 15.7. The van der Waals surface area contributed by atoms with E-state index >= 15 is 0 Å². The van der Waals surface area contributed by atoms with Gasteiger partial charge in [0.2, 0.25) is 0 Å². The fourth-order valence-corrected chi connectivity index (χ4v) is 3.75. The molecule has 1 aromatic heterocycles. The van der Waals surface area contributed by atoms with E-state index in [9.17, 15) is 9.59 Å². The molecule has 3 aromatic rings. The first kappa shape index (κ1) is 21.8. The standard InChI is InChI=1S/C25H27N3O4/c29-23(22-17-31-24(28-22)20-11-13-26-14-12-20)27-21(15-18-7-3-1-4-8-18)25(30)32-16-19-9-5-2-6-10-19/h1-10,17,20-21,26H,11-16H2,(H,27,29). The lowest BCUT2D eigenvalue weighted by molar-refractivity contribution is -0.147. The van der Waals surface area contributed by atoms with Crippen molar-refractivity contribution in [3.63, 3.8) is 0 Å². The molecule has 1 aliphatic heterocycles. The Morgan fingerprint density at radius 3 is 2.38 bits per heavy atom. The van der Waals surface area contributed by atoms with Gasteiger partial charge in [0.1, 0.15) is 18.9 Å². The molecule has 1 aliphatic rings. The van der Waals surface area contributed by atoms with Crippen LogP contribution in [0.5, 0.6) is 0 Å². The zero-order valence-electron chi connectivity index (χ0n) is 17.8. The minimum Gasteiger partial charge on any atom is -0.459 e. The highest BCUT2D eigenvalue weighted by Crippen LogP contribution is 2.24. The van der Waals surface area contributed by atoms with Gasteiger partial charge in [-0.15, -0.1) is 0 Å². The fraction of sp³-hybridized carbons (Fsp3) is 0.320. The number of piperidine rings is 1. The monoisotopic (exact) mass is 433 g/mol. The molecule has 1 atom stereocenters. The topological polar surface area (TPSA) is 93.5 Å². The van der Waals surface area contributed by atoms with E-state index in [1.807, 2.05) is 60.7 Å². The Hall–Kier alpha value is -3.45. The number of carbonyl (C=O) groups is 2. The Balaban J connectivity index is 1.43. The van der Waals surface area contributed by atoms with Gasteiger partial charge < -0.3 is 19.8 Å². The number of nitrogens with zero attached hydrogens (tertiary/aromatic N) is 1. The van der Waals surface area contributed by atoms with Gasteiger partial charge in [-0.3, -0.25) is 4.79 Å². The largest absolute Gasteiger partial charge is 0.459 e. The second kappa shape index (κ2) is 10.7. The molecule has 0 saturated carbocycles. The second-order valence-corrected chi connectivity index (χ2v) is 7.90. The van der Waals surface area contributed by atoms with E-state index in [1.165, 1.54) is 6.26 Å². The van der Waals surface area contributed by atoms with Crippen LogP contribution in [0.25, 0.3) is 0 Å². The van der Waals surface area contributed by atoms with Gasteiger partial charge >= 0.3 is 5.97 Å². The average molecular weight is 434 g/mol. The first-order valence-corrected chi connectivity index (χ1v) is 10.9. The van der Waals surface area contributed by atoms with E-state index in [1.54, 1.807) is 0 Å². The summed E-state index contributed by atoms with van der Waals surface area (Å²) in [5, 5.41) is 6.09. The van der Waals surface area contributed by atoms with Crippen LogP contribution in [-0.4, -0.2) is 36.0 Å². The number of hydrogen-bond acceptors (Lipinski definition) is 6. The molecule has 2 aromatic carbocycles. The van der Waals surface area contributed by atoms with E-state index in [-0.39, 0.29) is 18.2 Å². The zero-order valence-corrected chi connectivity index (χ0v) is 17.8. The van der Waals surface area contributed by atoms with Gasteiger partial charge in [-0.25, -0.2) is 9.78 Å². The number of hydrogen-bond donors (Lipinski definition) is 2. The summed E-state index contributed by atoms with van der Waals surface area (Å²) in [5.74, 6) is -0.170. The SMILES string of the molecule is O=C(NC(Cc1ccccc1)C(=O)OCc1ccccc1)c1coc(C2CCNCC2)n1. The van der Waals surface area contributed by atoms with Crippen molar-refractivity contribution in [3.05, 3.63) is 89.6 Å². The molecule has 7 heteroatoms. The van der Waals surface area contributed by atoms with Crippen LogP contribution < -0.4 is 10.6 Å². The van der Waals surface area contributed by atoms with Crippen LogP contribution in [0, 0.1) is 0 Å². The molecule has 1 amide bonds. The molecule has 32 heavy (non-hydrogen) atoms. The quantitative estimate of drug-likeness (QED) is 0.530. The highest BCUT2D eigenvalue weighted by Gasteiger charge is 2.26. The van der Waals surface area contributed by atoms with E-state index in [4.69, 9.17) is 9.15 Å². The lowest BCUT2D eigenvalue weighted by atomic mass is 9.98. The third kappa shape index (κ3) is 5.82. The maximum Gasteiger partial charge on any atom is 0.329 e. The Morgan fingerprint density at radius 2 is 1.69 bits per heavy atom. The van der Waals surface area contributed by atoms with Crippen molar-refractivity contribution in [2.24, 2.45) is 0 Å². The summed E-state index contributed by atoms with van der Waals surface area (Å²) in [6.07, 6.45) is 3.52. The van der Waals surface area contributed by atoms with Crippen LogP contribution in [0.4, 0.5) is 0 Å². The van der Waals surface area contributed by atoms with Crippen molar-refractivity contribution in [1.29, 1.82) is 0 Å². The number of oxazole rings is 1. The smallest absolute Gasteiger partial charge is 0.329 e. The minimum atomic E-state index is -0.840. The molecule has 0 radical (unpaired) electrons. The highest BCUT2D eigenvalue weighted by atomic mass is 16.5. The van der Waals surface area contributed by atoms with Crippen molar-refractivity contribution in [3.8, 4) is 0 Å². The summed E-state index contributed by atoms with van der Waals surface area (Å²) in [4.78, 5) is 30.1. The maximum atomic E-state index is 12.9. The lowest BCUT2D eigenvalue weighted by Crippen LogP contribution is -2.43. The molecule has 0 aliphatic carbocycles. The molecular weight excluding hydrogens is 406 g/mol. The average Bonchev–Trinajstić information content (AvgIpc) is 3.35. The zero-order chi connectivity index (χ0) is 22.2. The Bertz CT molecular complexity index is 1010. The van der Waals surface area contributed by atoms with Gasteiger partial charge in [-0.2, -0.15) is 0 Å².